The van der Waals surface area contributed by atoms with Gasteiger partial charge in [0.15, 0.2) is 5.76 Å². The number of carboxylic acids is 1. The molecule has 10 nitrogen and oxygen atoms in total. The van der Waals surface area contributed by atoms with Crippen LogP contribution in [0.15, 0.2) is 77.3 Å². The summed E-state index contributed by atoms with van der Waals surface area (Å²) in [5, 5.41) is 16.5. The molecule has 0 unspecified atom stereocenters. The molecule has 0 aliphatic carbocycles. The van der Waals surface area contributed by atoms with Gasteiger partial charge in [-0.1, -0.05) is 79.7 Å². The van der Waals surface area contributed by atoms with E-state index in [0.29, 0.717) is 43.4 Å². The summed E-state index contributed by atoms with van der Waals surface area (Å²) in [7, 11) is 0. The molecule has 1 aliphatic heterocycles. The van der Waals surface area contributed by atoms with Gasteiger partial charge in [0, 0.05) is 32.1 Å². The second kappa shape index (κ2) is 14.7. The number of rotatable bonds is 13. The molecule has 1 amide bonds. The van der Waals surface area contributed by atoms with Crippen LogP contribution in [-0.2, 0) is 22.7 Å². The van der Waals surface area contributed by atoms with Gasteiger partial charge >= 0.3 is 5.97 Å². The number of carboxylic acid groups (broad SMARTS) is 1. The predicted molar refractivity (Wildman–Crippen MR) is 165 cm³/mol. The average molecular weight is 600 g/mol. The first-order valence-electron chi connectivity index (χ1n) is 14.7. The van der Waals surface area contributed by atoms with Crippen LogP contribution >= 0.6 is 0 Å². The molecule has 4 aromatic rings. The molecule has 1 saturated heterocycles. The first-order valence-corrected chi connectivity index (χ1v) is 14.7. The third kappa shape index (κ3) is 7.83. The monoisotopic (exact) mass is 599 g/mol. The minimum Gasteiger partial charge on any atom is -0.488 e. The van der Waals surface area contributed by atoms with E-state index in [4.69, 9.17) is 18.7 Å². The summed E-state index contributed by atoms with van der Waals surface area (Å²) < 4.78 is 23.6. The van der Waals surface area contributed by atoms with Gasteiger partial charge in [0.2, 0.25) is 11.6 Å². The smallest absolute Gasteiger partial charge is 0.360 e. The minimum absolute atomic E-state index is 0.0123. The maximum atomic E-state index is 13.1. The molecule has 0 atom stereocenters. The third-order valence-electron chi connectivity index (χ3n) is 7.37. The van der Waals surface area contributed by atoms with E-state index in [-0.39, 0.29) is 42.0 Å². The maximum Gasteiger partial charge on any atom is 0.360 e. The standard InChI is InChI=1S/C34H37N3O7/c1-23(2)26-19-27(33-31(32(34(39)40)36-44-33)35-30(38)13-14-37-15-17-41-18-16-37)29(43-22-25-11-7-4-8-12-25)20-28(26)42-21-24-9-5-3-6-10-24/h3-12,19-20,23H,13-18,21-22H2,1-2H3,(H,35,38)(H,39,40). The highest BCUT2D eigenvalue weighted by molar-refractivity contribution is 6.03. The van der Waals surface area contributed by atoms with Crippen molar-refractivity contribution < 1.29 is 33.4 Å². The lowest BCUT2D eigenvalue weighted by molar-refractivity contribution is -0.116. The van der Waals surface area contributed by atoms with Crippen molar-refractivity contribution in [2.45, 2.75) is 39.4 Å². The number of aromatic nitrogens is 1. The average Bonchev–Trinajstić information content (AvgIpc) is 3.46. The molecule has 3 aromatic carbocycles. The number of aromatic carboxylic acids is 1. The van der Waals surface area contributed by atoms with Crippen LogP contribution in [0.1, 0.15) is 53.4 Å². The van der Waals surface area contributed by atoms with Crippen LogP contribution in [0.4, 0.5) is 5.69 Å². The van der Waals surface area contributed by atoms with Crippen molar-refractivity contribution in [1.82, 2.24) is 10.1 Å². The molecule has 5 rings (SSSR count). The Morgan fingerprint density at radius 3 is 2.14 bits per heavy atom. The van der Waals surface area contributed by atoms with Crippen LogP contribution in [0, 0.1) is 0 Å². The molecule has 0 spiro atoms. The highest BCUT2D eigenvalue weighted by atomic mass is 16.5. The van der Waals surface area contributed by atoms with Crippen LogP contribution in [0.3, 0.4) is 0 Å². The Balaban J connectivity index is 1.50. The summed E-state index contributed by atoms with van der Waals surface area (Å²) in [5.41, 5.74) is 2.88. The first kappa shape index (κ1) is 30.8. The van der Waals surface area contributed by atoms with Crippen molar-refractivity contribution in [1.29, 1.82) is 0 Å². The highest BCUT2D eigenvalue weighted by Gasteiger charge is 2.28. The largest absolute Gasteiger partial charge is 0.488 e. The molecule has 1 aliphatic rings. The van der Waals surface area contributed by atoms with Crippen molar-refractivity contribution in [2.75, 3.05) is 38.2 Å². The molecule has 1 aromatic heterocycles. The van der Waals surface area contributed by atoms with Gasteiger partial charge in [-0.2, -0.15) is 0 Å². The van der Waals surface area contributed by atoms with Crippen molar-refractivity contribution in [3.63, 3.8) is 0 Å². The van der Waals surface area contributed by atoms with E-state index in [1.807, 2.05) is 80.6 Å². The fourth-order valence-corrected chi connectivity index (χ4v) is 4.94. The molecule has 0 bridgehead atoms. The Labute approximate surface area is 256 Å². The fraction of sp³-hybridized carbons (Fsp3) is 0.324. The Morgan fingerprint density at radius 1 is 0.932 bits per heavy atom. The van der Waals surface area contributed by atoms with E-state index >= 15 is 0 Å². The Kier molecular flexibility index (Phi) is 10.3. The van der Waals surface area contributed by atoms with Gasteiger partial charge < -0.3 is 29.2 Å². The molecular weight excluding hydrogens is 562 g/mol. The lowest BCUT2D eigenvalue weighted by Crippen LogP contribution is -2.38. The van der Waals surface area contributed by atoms with Gasteiger partial charge in [-0.15, -0.1) is 0 Å². The Hall–Kier alpha value is -4.67. The number of benzene rings is 3. The lowest BCUT2D eigenvalue weighted by Gasteiger charge is -2.26. The van der Waals surface area contributed by atoms with Gasteiger partial charge in [0.1, 0.15) is 30.4 Å². The van der Waals surface area contributed by atoms with Crippen molar-refractivity contribution >= 4 is 17.6 Å². The summed E-state index contributed by atoms with van der Waals surface area (Å²) in [6, 6.07) is 23.2. The molecule has 230 valence electrons. The number of amides is 1. The maximum absolute atomic E-state index is 13.1. The van der Waals surface area contributed by atoms with Crippen LogP contribution in [0.2, 0.25) is 0 Å². The van der Waals surface area contributed by atoms with E-state index in [2.05, 4.69) is 15.4 Å². The topological polar surface area (TPSA) is 123 Å². The van der Waals surface area contributed by atoms with Gasteiger partial charge in [0.05, 0.1) is 18.8 Å². The number of hydrogen-bond donors (Lipinski definition) is 2. The number of carbonyl (C=O) groups excluding carboxylic acids is 1. The third-order valence-corrected chi connectivity index (χ3v) is 7.37. The van der Waals surface area contributed by atoms with Gasteiger partial charge in [-0.05, 0) is 28.7 Å². The van der Waals surface area contributed by atoms with Crippen molar-refractivity contribution in [3.8, 4) is 22.8 Å². The quantitative estimate of drug-likeness (QED) is 0.191. The van der Waals surface area contributed by atoms with E-state index in [1.54, 1.807) is 6.07 Å². The van der Waals surface area contributed by atoms with E-state index in [9.17, 15) is 14.7 Å². The van der Waals surface area contributed by atoms with E-state index < -0.39 is 5.97 Å². The van der Waals surface area contributed by atoms with Crippen molar-refractivity contribution in [2.24, 2.45) is 0 Å². The van der Waals surface area contributed by atoms with Gasteiger partial charge in [-0.25, -0.2) is 4.79 Å². The molecule has 2 heterocycles. The van der Waals surface area contributed by atoms with E-state index in [1.165, 1.54) is 0 Å². The molecule has 0 radical (unpaired) electrons. The molecule has 44 heavy (non-hydrogen) atoms. The zero-order valence-corrected chi connectivity index (χ0v) is 25.0. The number of carbonyl (C=O) groups is 2. The molecule has 0 saturated carbocycles. The number of ether oxygens (including phenoxy) is 3. The fourth-order valence-electron chi connectivity index (χ4n) is 4.94. The second-order valence-electron chi connectivity index (χ2n) is 10.9. The number of hydrogen-bond acceptors (Lipinski definition) is 8. The van der Waals surface area contributed by atoms with Crippen LogP contribution in [0.5, 0.6) is 11.5 Å². The van der Waals surface area contributed by atoms with Gasteiger partial charge in [0.25, 0.3) is 0 Å². The van der Waals surface area contributed by atoms with Crippen molar-refractivity contribution in [3.05, 3.63) is 95.2 Å². The van der Waals surface area contributed by atoms with E-state index in [0.717, 1.165) is 29.8 Å². The summed E-state index contributed by atoms with van der Waals surface area (Å²) in [4.78, 5) is 27.4. The summed E-state index contributed by atoms with van der Waals surface area (Å²) in [5.74, 6) is -0.495. The van der Waals surface area contributed by atoms with Crippen LogP contribution in [-0.4, -0.2) is 59.9 Å². The molecule has 10 heteroatoms. The Bertz CT molecular complexity index is 1550. The summed E-state index contributed by atoms with van der Waals surface area (Å²) >= 11 is 0. The highest BCUT2D eigenvalue weighted by Crippen LogP contribution is 2.43. The number of morpholine rings is 1. The molecular formula is C34H37N3O7. The van der Waals surface area contributed by atoms with Crippen LogP contribution in [0.25, 0.3) is 11.3 Å². The Morgan fingerprint density at radius 2 is 1.55 bits per heavy atom. The zero-order valence-electron chi connectivity index (χ0n) is 25.0. The summed E-state index contributed by atoms with van der Waals surface area (Å²) in [6.45, 7) is 7.92. The normalized spacial score (nSPS) is 13.5. The predicted octanol–water partition coefficient (Wildman–Crippen LogP) is 5.98. The number of nitrogens with one attached hydrogen (secondary N) is 1. The lowest BCUT2D eigenvalue weighted by atomic mass is 9.97. The SMILES string of the molecule is CC(C)c1cc(-c2onc(C(=O)O)c2NC(=O)CCN2CCOCC2)c(OCc2ccccc2)cc1OCc1ccccc1. The number of nitrogens with zero attached hydrogens (tertiary/aromatic N) is 2. The second-order valence-corrected chi connectivity index (χ2v) is 10.9. The minimum atomic E-state index is -1.32. The number of anilines is 1. The zero-order chi connectivity index (χ0) is 30.9. The summed E-state index contributed by atoms with van der Waals surface area (Å²) in [6.07, 6.45) is 0.171. The van der Waals surface area contributed by atoms with Gasteiger partial charge in [-0.3, -0.25) is 9.69 Å². The molecule has 2 N–H and O–H groups in total. The van der Waals surface area contributed by atoms with Crippen LogP contribution < -0.4 is 14.8 Å². The first-order chi connectivity index (χ1) is 21.4. The molecule has 1 fully saturated rings.